The average Bonchev–Trinajstić information content (AvgIpc) is 2.39. The highest BCUT2D eigenvalue weighted by atomic mass is 16.6. The number of rotatable bonds is 4. The SMILES string of the molecule is CNCC1CN(c2ccc([N+](=O)[O-])c(C)c2)CCO1. The third-order valence-corrected chi connectivity index (χ3v) is 3.31. The minimum atomic E-state index is -0.345. The molecule has 6 nitrogen and oxygen atoms in total. The molecule has 0 bridgehead atoms. The van der Waals surface area contributed by atoms with Crippen molar-refractivity contribution in [3.8, 4) is 0 Å². The number of morpholine rings is 1. The Bertz CT molecular complexity index is 462. The van der Waals surface area contributed by atoms with E-state index in [0.29, 0.717) is 12.2 Å². The Kier molecular flexibility index (Phi) is 4.34. The quantitative estimate of drug-likeness (QED) is 0.657. The van der Waals surface area contributed by atoms with Crippen molar-refractivity contribution in [2.75, 3.05) is 38.2 Å². The van der Waals surface area contributed by atoms with E-state index in [-0.39, 0.29) is 16.7 Å². The first-order chi connectivity index (χ1) is 9.11. The van der Waals surface area contributed by atoms with Gasteiger partial charge in [-0.2, -0.15) is 0 Å². The van der Waals surface area contributed by atoms with Crippen LogP contribution in [-0.2, 0) is 4.74 Å². The van der Waals surface area contributed by atoms with Gasteiger partial charge in [0.15, 0.2) is 0 Å². The number of hydrogen-bond acceptors (Lipinski definition) is 5. The third kappa shape index (κ3) is 3.21. The van der Waals surface area contributed by atoms with Crippen molar-refractivity contribution in [2.24, 2.45) is 0 Å². The van der Waals surface area contributed by atoms with E-state index in [1.54, 1.807) is 13.0 Å². The first-order valence-corrected chi connectivity index (χ1v) is 6.38. The molecule has 0 saturated carbocycles. The normalized spacial score (nSPS) is 19.5. The highest BCUT2D eigenvalue weighted by Crippen LogP contribution is 2.25. The van der Waals surface area contributed by atoms with E-state index in [2.05, 4.69) is 10.2 Å². The monoisotopic (exact) mass is 265 g/mol. The van der Waals surface area contributed by atoms with E-state index < -0.39 is 0 Å². The van der Waals surface area contributed by atoms with Crippen LogP contribution in [0.5, 0.6) is 0 Å². The molecule has 1 aromatic carbocycles. The Hall–Kier alpha value is -1.66. The van der Waals surface area contributed by atoms with Crippen LogP contribution in [0.3, 0.4) is 0 Å². The Balaban J connectivity index is 2.13. The molecule has 0 amide bonds. The number of ether oxygens (including phenoxy) is 1. The van der Waals surface area contributed by atoms with Crippen LogP contribution in [0.4, 0.5) is 11.4 Å². The maximum atomic E-state index is 10.8. The fraction of sp³-hybridized carbons (Fsp3) is 0.538. The molecule has 1 heterocycles. The van der Waals surface area contributed by atoms with Gasteiger partial charge in [-0.15, -0.1) is 0 Å². The number of nitrogens with zero attached hydrogens (tertiary/aromatic N) is 2. The highest BCUT2D eigenvalue weighted by molar-refractivity contribution is 5.55. The standard InChI is InChI=1S/C13H19N3O3/c1-10-7-11(3-4-13(10)16(17)18)15-5-6-19-12(9-15)8-14-2/h3-4,7,12,14H,5-6,8-9H2,1-2H3. The molecule has 1 atom stereocenters. The van der Waals surface area contributed by atoms with Gasteiger partial charge in [-0.25, -0.2) is 0 Å². The summed E-state index contributed by atoms with van der Waals surface area (Å²) in [4.78, 5) is 12.7. The van der Waals surface area contributed by atoms with Crippen molar-refractivity contribution in [2.45, 2.75) is 13.0 Å². The summed E-state index contributed by atoms with van der Waals surface area (Å²) in [6.07, 6.45) is 0.161. The van der Waals surface area contributed by atoms with E-state index >= 15 is 0 Å². The number of aryl methyl sites for hydroxylation is 1. The predicted octanol–water partition coefficient (Wildman–Crippen LogP) is 1.33. The lowest BCUT2D eigenvalue weighted by Gasteiger charge is -2.34. The molecular formula is C13H19N3O3. The van der Waals surface area contributed by atoms with E-state index in [0.717, 1.165) is 25.3 Å². The van der Waals surface area contributed by atoms with Crippen molar-refractivity contribution >= 4 is 11.4 Å². The van der Waals surface area contributed by atoms with Gasteiger partial charge in [0.25, 0.3) is 5.69 Å². The number of nitro benzene ring substituents is 1. The minimum Gasteiger partial charge on any atom is -0.373 e. The molecule has 1 unspecified atom stereocenters. The number of likely N-dealkylation sites (N-methyl/N-ethyl adjacent to an activating group) is 1. The van der Waals surface area contributed by atoms with Crippen molar-refractivity contribution < 1.29 is 9.66 Å². The highest BCUT2D eigenvalue weighted by Gasteiger charge is 2.21. The molecule has 0 aromatic heterocycles. The van der Waals surface area contributed by atoms with Gasteiger partial charge in [0.2, 0.25) is 0 Å². The molecule has 0 radical (unpaired) electrons. The lowest BCUT2D eigenvalue weighted by molar-refractivity contribution is -0.385. The Morgan fingerprint density at radius 3 is 3.00 bits per heavy atom. The largest absolute Gasteiger partial charge is 0.373 e. The summed E-state index contributed by atoms with van der Waals surface area (Å²) in [5, 5.41) is 13.9. The number of nitro groups is 1. The average molecular weight is 265 g/mol. The van der Waals surface area contributed by atoms with Crippen molar-refractivity contribution in [1.82, 2.24) is 5.32 Å². The Morgan fingerprint density at radius 2 is 2.37 bits per heavy atom. The lowest BCUT2D eigenvalue weighted by atomic mass is 10.1. The van der Waals surface area contributed by atoms with Crippen molar-refractivity contribution in [1.29, 1.82) is 0 Å². The zero-order valence-corrected chi connectivity index (χ0v) is 11.3. The molecule has 0 spiro atoms. The molecular weight excluding hydrogens is 246 g/mol. The molecule has 1 aliphatic heterocycles. The second-order valence-corrected chi connectivity index (χ2v) is 4.72. The zero-order chi connectivity index (χ0) is 13.8. The summed E-state index contributed by atoms with van der Waals surface area (Å²) in [6, 6.07) is 5.26. The van der Waals surface area contributed by atoms with Gasteiger partial charge >= 0.3 is 0 Å². The van der Waals surface area contributed by atoms with Crippen LogP contribution < -0.4 is 10.2 Å². The van der Waals surface area contributed by atoms with Crippen LogP contribution in [0.1, 0.15) is 5.56 Å². The molecule has 1 aliphatic rings. The topological polar surface area (TPSA) is 67.6 Å². The van der Waals surface area contributed by atoms with Gasteiger partial charge in [0, 0.05) is 37.0 Å². The first kappa shape index (κ1) is 13.8. The van der Waals surface area contributed by atoms with Gasteiger partial charge < -0.3 is 15.0 Å². The van der Waals surface area contributed by atoms with E-state index in [1.807, 2.05) is 19.2 Å². The number of anilines is 1. The maximum Gasteiger partial charge on any atom is 0.272 e. The number of nitrogens with one attached hydrogen (secondary N) is 1. The van der Waals surface area contributed by atoms with Crippen molar-refractivity contribution in [3.05, 3.63) is 33.9 Å². The lowest BCUT2D eigenvalue weighted by Crippen LogP contribution is -2.46. The van der Waals surface area contributed by atoms with Crippen molar-refractivity contribution in [3.63, 3.8) is 0 Å². The summed E-state index contributed by atoms with van der Waals surface area (Å²) in [7, 11) is 1.90. The first-order valence-electron chi connectivity index (χ1n) is 6.38. The Labute approximate surface area is 112 Å². The summed E-state index contributed by atoms with van der Waals surface area (Å²) >= 11 is 0. The molecule has 1 aromatic rings. The Morgan fingerprint density at radius 1 is 1.58 bits per heavy atom. The van der Waals surface area contributed by atoms with Gasteiger partial charge in [0.05, 0.1) is 17.6 Å². The fourth-order valence-corrected chi connectivity index (χ4v) is 2.35. The minimum absolute atomic E-state index is 0.161. The summed E-state index contributed by atoms with van der Waals surface area (Å²) < 4.78 is 5.65. The van der Waals surface area contributed by atoms with Crippen LogP contribution >= 0.6 is 0 Å². The van der Waals surface area contributed by atoms with E-state index in [9.17, 15) is 10.1 Å². The maximum absolute atomic E-state index is 10.8. The molecule has 1 N–H and O–H groups in total. The molecule has 19 heavy (non-hydrogen) atoms. The molecule has 6 heteroatoms. The zero-order valence-electron chi connectivity index (χ0n) is 11.3. The van der Waals surface area contributed by atoms with Crippen LogP contribution in [-0.4, -0.2) is 44.3 Å². The smallest absolute Gasteiger partial charge is 0.272 e. The molecule has 104 valence electrons. The summed E-state index contributed by atoms with van der Waals surface area (Å²) in [5.41, 5.74) is 1.88. The molecule has 2 rings (SSSR count). The molecule has 1 fully saturated rings. The number of hydrogen-bond donors (Lipinski definition) is 1. The van der Waals surface area contributed by atoms with Gasteiger partial charge in [-0.3, -0.25) is 10.1 Å². The predicted molar refractivity (Wildman–Crippen MR) is 73.7 cm³/mol. The summed E-state index contributed by atoms with van der Waals surface area (Å²) in [6.45, 7) is 4.88. The molecule has 1 saturated heterocycles. The van der Waals surface area contributed by atoms with Gasteiger partial charge in [-0.1, -0.05) is 0 Å². The number of benzene rings is 1. The third-order valence-electron chi connectivity index (χ3n) is 3.31. The van der Waals surface area contributed by atoms with Crippen LogP contribution in [0.2, 0.25) is 0 Å². The van der Waals surface area contributed by atoms with E-state index in [4.69, 9.17) is 4.74 Å². The molecule has 0 aliphatic carbocycles. The second-order valence-electron chi connectivity index (χ2n) is 4.72. The van der Waals surface area contributed by atoms with E-state index in [1.165, 1.54) is 0 Å². The second kappa shape index (κ2) is 5.99. The van der Waals surface area contributed by atoms with Crippen LogP contribution in [0, 0.1) is 17.0 Å². The van der Waals surface area contributed by atoms with Crippen LogP contribution in [0.25, 0.3) is 0 Å². The van der Waals surface area contributed by atoms with Gasteiger partial charge in [-0.05, 0) is 26.1 Å². The van der Waals surface area contributed by atoms with Gasteiger partial charge in [0.1, 0.15) is 0 Å². The van der Waals surface area contributed by atoms with Crippen LogP contribution in [0.15, 0.2) is 18.2 Å². The fourth-order valence-electron chi connectivity index (χ4n) is 2.35. The summed E-state index contributed by atoms with van der Waals surface area (Å²) in [5.74, 6) is 0.